The van der Waals surface area contributed by atoms with Gasteiger partial charge in [0.2, 0.25) is 0 Å². The van der Waals surface area contributed by atoms with Gasteiger partial charge in [0, 0.05) is 25.8 Å². The molecule has 1 aromatic rings. The number of carbonyl (C=O) groups excluding carboxylic acids is 2. The van der Waals surface area contributed by atoms with Crippen LogP contribution in [-0.2, 0) is 4.74 Å². The molecule has 1 fully saturated rings. The molecule has 1 N–H and O–H groups in total. The molecule has 2 heterocycles. The Morgan fingerprint density at radius 1 is 1.43 bits per heavy atom. The first kappa shape index (κ1) is 16.9. The third-order valence-corrected chi connectivity index (χ3v) is 3.66. The van der Waals surface area contributed by atoms with E-state index >= 15 is 0 Å². The number of hydrogen-bond acceptors (Lipinski definition) is 5. The van der Waals surface area contributed by atoms with Gasteiger partial charge in [-0.1, -0.05) is 6.08 Å². The zero-order valence-corrected chi connectivity index (χ0v) is 13.6. The number of aromatic nitrogens is 1. The molecule has 1 amide bonds. The molecule has 0 aliphatic carbocycles. The van der Waals surface area contributed by atoms with Crippen molar-refractivity contribution in [2.75, 3.05) is 26.7 Å². The van der Waals surface area contributed by atoms with Crippen molar-refractivity contribution < 1.29 is 14.3 Å². The molecule has 0 atom stereocenters. The van der Waals surface area contributed by atoms with Crippen molar-refractivity contribution in [3.05, 3.63) is 42.2 Å². The molecule has 0 radical (unpaired) electrons. The molecule has 0 bridgehead atoms. The molecule has 0 aromatic carbocycles. The minimum absolute atomic E-state index is 0.246. The van der Waals surface area contributed by atoms with E-state index in [-0.39, 0.29) is 11.6 Å². The van der Waals surface area contributed by atoms with E-state index in [0.29, 0.717) is 30.3 Å². The Labute approximate surface area is 139 Å². The Morgan fingerprint density at radius 3 is 2.78 bits per heavy atom. The lowest BCUT2D eigenvalue weighted by molar-refractivity contribution is 0.0484. The number of methoxy groups -OCH3 is 1. The molecule has 8 heteroatoms. The fourth-order valence-corrected chi connectivity index (χ4v) is 2.45. The molecule has 1 saturated heterocycles. The lowest BCUT2D eigenvalue weighted by Crippen LogP contribution is -2.49. The van der Waals surface area contributed by atoms with Gasteiger partial charge in [-0.15, -0.1) is 6.58 Å². The summed E-state index contributed by atoms with van der Waals surface area (Å²) in [7, 11) is 1.29. The number of thiocarbonyl (C=S) groups is 1. The summed E-state index contributed by atoms with van der Waals surface area (Å²) in [4.78, 5) is 28.0. The highest BCUT2D eigenvalue weighted by Crippen LogP contribution is 2.15. The Hall–Kier alpha value is -2.48. The van der Waals surface area contributed by atoms with E-state index < -0.39 is 5.97 Å². The minimum atomic E-state index is -0.492. The molecule has 1 aliphatic rings. The summed E-state index contributed by atoms with van der Waals surface area (Å²) < 4.78 is 4.61. The number of carbonyl (C=O) groups is 2. The molecule has 2 rings (SSSR count). The number of pyridine rings is 1. The molecule has 23 heavy (non-hydrogen) atoms. The summed E-state index contributed by atoms with van der Waals surface area (Å²) >= 11 is 5.29. The van der Waals surface area contributed by atoms with Gasteiger partial charge in [0.05, 0.1) is 12.7 Å². The highest BCUT2D eigenvalue weighted by molar-refractivity contribution is 7.80. The third kappa shape index (κ3) is 3.84. The fraction of sp³-hybridized carbons (Fsp3) is 0.333. The number of rotatable bonds is 4. The lowest BCUT2D eigenvalue weighted by Gasteiger charge is -2.29. The summed E-state index contributed by atoms with van der Waals surface area (Å²) in [5.41, 5.74) is 0.543. The third-order valence-electron chi connectivity index (χ3n) is 3.30. The van der Waals surface area contributed by atoms with Crippen LogP contribution in [0.15, 0.2) is 31.0 Å². The van der Waals surface area contributed by atoms with Crippen LogP contribution in [0.1, 0.15) is 27.3 Å². The molecule has 0 spiro atoms. The van der Waals surface area contributed by atoms with Crippen molar-refractivity contribution >= 4 is 29.2 Å². The number of amides is 1. The summed E-state index contributed by atoms with van der Waals surface area (Å²) in [6, 6.07) is 3.02. The maximum absolute atomic E-state index is 12.6. The Morgan fingerprint density at radius 2 is 2.17 bits per heavy atom. The van der Waals surface area contributed by atoms with Crippen molar-refractivity contribution in [3.63, 3.8) is 0 Å². The summed E-state index contributed by atoms with van der Waals surface area (Å²) in [6.07, 6.45) is 3.84. The Kier molecular flexibility index (Phi) is 5.64. The first-order valence-corrected chi connectivity index (χ1v) is 7.51. The molecule has 1 aromatic heterocycles. The summed E-state index contributed by atoms with van der Waals surface area (Å²) in [6.45, 7) is 5.38. The maximum atomic E-state index is 12.6. The van der Waals surface area contributed by atoms with Crippen molar-refractivity contribution in [1.29, 1.82) is 0 Å². The number of nitrogens with one attached hydrogen (secondary N) is 1. The van der Waals surface area contributed by atoms with Crippen LogP contribution in [0.5, 0.6) is 0 Å². The van der Waals surface area contributed by atoms with Gasteiger partial charge < -0.3 is 10.1 Å². The highest BCUT2D eigenvalue weighted by atomic mass is 32.1. The van der Waals surface area contributed by atoms with E-state index in [2.05, 4.69) is 21.6 Å². The number of nitrogens with zero attached hydrogens (tertiary/aromatic N) is 3. The average molecular weight is 334 g/mol. The standard InChI is InChI=1S/C15H18N4O3S/c1-3-7-16-15(23)19-9-4-8-18(19)13(20)12-6-5-11(10-17-12)14(21)22-2/h3,5-6,10H,1,4,7-9H2,2H3,(H,16,23). The van der Waals surface area contributed by atoms with Crippen molar-refractivity contribution in [3.8, 4) is 0 Å². The maximum Gasteiger partial charge on any atom is 0.339 e. The van der Waals surface area contributed by atoms with E-state index in [0.717, 1.165) is 6.42 Å². The molecule has 122 valence electrons. The number of esters is 1. The van der Waals surface area contributed by atoms with Crippen molar-refractivity contribution in [2.45, 2.75) is 6.42 Å². The lowest BCUT2D eigenvalue weighted by atomic mass is 10.2. The Balaban J connectivity index is 2.10. The van der Waals surface area contributed by atoms with Gasteiger partial charge in [0.1, 0.15) is 5.69 Å². The molecular weight excluding hydrogens is 316 g/mol. The van der Waals surface area contributed by atoms with Crippen LogP contribution in [0.3, 0.4) is 0 Å². The SMILES string of the molecule is C=CCNC(=S)N1CCCN1C(=O)c1ccc(C(=O)OC)cn1. The van der Waals surface area contributed by atoms with Crippen LogP contribution in [-0.4, -0.2) is 58.7 Å². The minimum Gasteiger partial charge on any atom is -0.465 e. The first-order valence-electron chi connectivity index (χ1n) is 7.11. The van der Waals surface area contributed by atoms with Crippen LogP contribution >= 0.6 is 12.2 Å². The second-order valence-electron chi connectivity index (χ2n) is 4.80. The van der Waals surface area contributed by atoms with Gasteiger partial charge >= 0.3 is 5.97 Å². The normalized spacial score (nSPS) is 13.6. The Bertz CT molecular complexity index is 618. The van der Waals surface area contributed by atoms with Gasteiger partial charge in [0.25, 0.3) is 5.91 Å². The fourth-order valence-electron chi connectivity index (χ4n) is 2.18. The summed E-state index contributed by atoms with van der Waals surface area (Å²) in [5, 5.41) is 6.75. The van der Waals surface area contributed by atoms with E-state index in [4.69, 9.17) is 12.2 Å². The number of hydrogen-bond donors (Lipinski definition) is 1. The van der Waals surface area contributed by atoms with Crippen LogP contribution in [0.4, 0.5) is 0 Å². The second kappa shape index (κ2) is 7.68. The predicted octanol–water partition coefficient (Wildman–Crippen LogP) is 0.992. The molecule has 0 unspecified atom stereocenters. The molecule has 0 saturated carbocycles. The number of ether oxygens (including phenoxy) is 1. The zero-order chi connectivity index (χ0) is 16.8. The van der Waals surface area contributed by atoms with E-state index in [1.54, 1.807) is 16.1 Å². The zero-order valence-electron chi connectivity index (χ0n) is 12.8. The molecular formula is C15H18N4O3S. The van der Waals surface area contributed by atoms with Gasteiger partial charge in [-0.2, -0.15) is 0 Å². The van der Waals surface area contributed by atoms with E-state index in [1.807, 2.05) is 0 Å². The van der Waals surface area contributed by atoms with Crippen molar-refractivity contribution in [1.82, 2.24) is 20.3 Å². The van der Waals surface area contributed by atoms with Crippen LogP contribution in [0.2, 0.25) is 0 Å². The summed E-state index contributed by atoms with van der Waals surface area (Å²) in [5.74, 6) is -0.754. The second-order valence-corrected chi connectivity index (χ2v) is 5.19. The van der Waals surface area contributed by atoms with E-state index in [1.165, 1.54) is 25.4 Å². The average Bonchev–Trinajstić information content (AvgIpc) is 3.08. The monoisotopic (exact) mass is 334 g/mol. The first-order chi connectivity index (χ1) is 11.1. The van der Waals surface area contributed by atoms with Crippen LogP contribution < -0.4 is 5.32 Å². The number of hydrazine groups is 1. The van der Waals surface area contributed by atoms with Gasteiger partial charge in [-0.25, -0.2) is 9.80 Å². The highest BCUT2D eigenvalue weighted by Gasteiger charge is 2.30. The largest absolute Gasteiger partial charge is 0.465 e. The smallest absolute Gasteiger partial charge is 0.339 e. The predicted molar refractivity (Wildman–Crippen MR) is 88.7 cm³/mol. The topological polar surface area (TPSA) is 74.8 Å². The van der Waals surface area contributed by atoms with Gasteiger partial charge in [0.15, 0.2) is 5.11 Å². The van der Waals surface area contributed by atoms with E-state index in [9.17, 15) is 9.59 Å². The molecule has 1 aliphatic heterocycles. The van der Waals surface area contributed by atoms with Gasteiger partial charge in [-0.05, 0) is 30.8 Å². The quantitative estimate of drug-likeness (QED) is 0.500. The van der Waals surface area contributed by atoms with Crippen LogP contribution in [0.25, 0.3) is 0 Å². The van der Waals surface area contributed by atoms with Gasteiger partial charge in [-0.3, -0.25) is 14.8 Å². The van der Waals surface area contributed by atoms with Crippen molar-refractivity contribution in [2.24, 2.45) is 0 Å². The van der Waals surface area contributed by atoms with Crippen LogP contribution in [0, 0.1) is 0 Å². The molecule has 7 nitrogen and oxygen atoms in total.